The molecule has 0 radical (unpaired) electrons. The Kier molecular flexibility index (Phi) is 5.88. The Labute approximate surface area is 118 Å². The number of nitrogens with one attached hydrogen (secondary N) is 1. The molecule has 1 aromatic carbocycles. The van der Waals surface area contributed by atoms with Crippen LogP contribution in [0.5, 0.6) is 0 Å². The summed E-state index contributed by atoms with van der Waals surface area (Å²) in [7, 11) is 0. The van der Waals surface area contributed by atoms with Gasteiger partial charge < -0.3 is 14.8 Å². The molecule has 0 aliphatic carbocycles. The van der Waals surface area contributed by atoms with E-state index in [0.29, 0.717) is 31.6 Å². The van der Waals surface area contributed by atoms with Crippen LogP contribution >= 0.6 is 0 Å². The highest BCUT2D eigenvalue weighted by atomic mass is 19.1. The molecule has 1 aromatic rings. The zero-order valence-corrected chi connectivity index (χ0v) is 11.7. The van der Waals surface area contributed by atoms with Gasteiger partial charge in [0.25, 0.3) is 0 Å². The van der Waals surface area contributed by atoms with Gasteiger partial charge in [0.1, 0.15) is 11.6 Å². The Morgan fingerprint density at radius 2 is 1.85 bits per heavy atom. The van der Waals surface area contributed by atoms with E-state index in [-0.39, 0.29) is 12.3 Å². The quantitative estimate of drug-likeness (QED) is 0.835. The Hall–Kier alpha value is -1.04. The summed E-state index contributed by atoms with van der Waals surface area (Å²) in [4.78, 5) is 0. The Morgan fingerprint density at radius 1 is 1.20 bits per heavy atom. The molecule has 112 valence electrons. The largest absolute Gasteiger partial charge is 0.350 e. The molecule has 3 nitrogen and oxygen atoms in total. The maximum atomic E-state index is 13.2. The first kappa shape index (κ1) is 15.4. The third-order valence-corrected chi connectivity index (χ3v) is 3.26. The predicted octanol–water partition coefficient (Wildman–Crippen LogP) is 2.64. The molecule has 20 heavy (non-hydrogen) atoms. The normalized spacial score (nSPS) is 17.6. The van der Waals surface area contributed by atoms with E-state index < -0.39 is 11.6 Å². The van der Waals surface area contributed by atoms with Gasteiger partial charge in [-0.15, -0.1) is 0 Å². The van der Waals surface area contributed by atoms with Crippen LogP contribution in [0.2, 0.25) is 0 Å². The van der Waals surface area contributed by atoms with Gasteiger partial charge in [0.15, 0.2) is 6.29 Å². The minimum absolute atomic E-state index is 0.0826. The first-order valence-corrected chi connectivity index (χ1v) is 7.09. The monoisotopic (exact) mass is 285 g/mol. The van der Waals surface area contributed by atoms with Crippen molar-refractivity contribution in [2.45, 2.75) is 38.5 Å². The average molecular weight is 285 g/mol. The number of hydrogen-bond donors (Lipinski definition) is 1. The molecule has 0 amide bonds. The van der Waals surface area contributed by atoms with E-state index >= 15 is 0 Å². The van der Waals surface area contributed by atoms with Crippen LogP contribution in [0.25, 0.3) is 0 Å². The highest BCUT2D eigenvalue weighted by Gasteiger charge is 2.21. The molecule has 0 spiro atoms. The number of ether oxygens (including phenoxy) is 2. The van der Waals surface area contributed by atoms with Crippen molar-refractivity contribution in [3.8, 4) is 0 Å². The molecule has 1 atom stereocenters. The highest BCUT2D eigenvalue weighted by Crippen LogP contribution is 2.16. The highest BCUT2D eigenvalue weighted by molar-refractivity contribution is 5.19. The van der Waals surface area contributed by atoms with Crippen molar-refractivity contribution in [3.05, 3.63) is 35.4 Å². The molecule has 0 aromatic heterocycles. The minimum atomic E-state index is -0.539. The average Bonchev–Trinajstić information content (AvgIpc) is 2.87. The zero-order valence-electron chi connectivity index (χ0n) is 11.7. The Morgan fingerprint density at radius 3 is 2.45 bits per heavy atom. The van der Waals surface area contributed by atoms with Crippen molar-refractivity contribution in [1.29, 1.82) is 0 Å². The first-order chi connectivity index (χ1) is 9.67. The molecule has 1 N–H and O–H groups in total. The fraction of sp³-hybridized carbons (Fsp3) is 0.600. The van der Waals surface area contributed by atoms with Crippen LogP contribution in [0.4, 0.5) is 8.78 Å². The van der Waals surface area contributed by atoms with E-state index in [4.69, 9.17) is 9.47 Å². The summed E-state index contributed by atoms with van der Waals surface area (Å²) in [5, 5.41) is 3.38. The van der Waals surface area contributed by atoms with Crippen molar-refractivity contribution < 1.29 is 18.3 Å². The van der Waals surface area contributed by atoms with Gasteiger partial charge in [-0.3, -0.25) is 0 Å². The van der Waals surface area contributed by atoms with Crippen molar-refractivity contribution >= 4 is 0 Å². The molecular weight excluding hydrogens is 264 g/mol. The van der Waals surface area contributed by atoms with Gasteiger partial charge in [0.05, 0.1) is 13.2 Å². The second-order valence-corrected chi connectivity index (χ2v) is 5.04. The summed E-state index contributed by atoms with van der Waals surface area (Å²) in [6, 6.07) is 3.72. The predicted molar refractivity (Wildman–Crippen MR) is 72.5 cm³/mol. The van der Waals surface area contributed by atoms with Gasteiger partial charge in [-0.1, -0.05) is 6.92 Å². The summed E-state index contributed by atoms with van der Waals surface area (Å²) in [6.45, 7) is 4.16. The van der Waals surface area contributed by atoms with Crippen LogP contribution in [-0.4, -0.2) is 32.1 Å². The van der Waals surface area contributed by atoms with Crippen LogP contribution in [-0.2, 0) is 15.9 Å². The summed E-state index contributed by atoms with van der Waals surface area (Å²) in [5.74, 6) is -1.08. The van der Waals surface area contributed by atoms with E-state index in [0.717, 1.165) is 19.0 Å². The van der Waals surface area contributed by atoms with E-state index in [1.165, 1.54) is 12.1 Å². The van der Waals surface area contributed by atoms with Crippen LogP contribution in [0.3, 0.4) is 0 Å². The molecular formula is C15H21F2NO2. The van der Waals surface area contributed by atoms with Gasteiger partial charge >= 0.3 is 0 Å². The van der Waals surface area contributed by atoms with Crippen LogP contribution < -0.4 is 5.32 Å². The molecule has 5 heteroatoms. The fourth-order valence-electron chi connectivity index (χ4n) is 2.38. The standard InChI is InChI=1S/C15H21F2NO2/c1-2-3-18-14(10-15-19-4-5-20-15)8-11-6-12(16)9-13(17)7-11/h6-7,9,14-15,18H,2-5,8,10H2,1H3. The number of rotatable bonds is 7. The van der Waals surface area contributed by atoms with Crippen molar-refractivity contribution in [2.24, 2.45) is 0 Å². The molecule has 1 aliphatic heterocycles. The van der Waals surface area contributed by atoms with Crippen LogP contribution in [0.15, 0.2) is 18.2 Å². The van der Waals surface area contributed by atoms with E-state index in [2.05, 4.69) is 12.2 Å². The third kappa shape index (κ3) is 4.81. The lowest BCUT2D eigenvalue weighted by molar-refractivity contribution is -0.0526. The summed E-state index contributed by atoms with van der Waals surface area (Å²) < 4.78 is 37.3. The maximum absolute atomic E-state index is 13.2. The zero-order chi connectivity index (χ0) is 14.4. The Balaban J connectivity index is 1.97. The number of benzene rings is 1. The molecule has 0 saturated carbocycles. The second kappa shape index (κ2) is 7.67. The topological polar surface area (TPSA) is 30.5 Å². The Bertz CT molecular complexity index is 402. The van der Waals surface area contributed by atoms with Gasteiger partial charge in [0, 0.05) is 18.5 Å². The van der Waals surface area contributed by atoms with Crippen molar-refractivity contribution in [3.63, 3.8) is 0 Å². The SMILES string of the molecule is CCCNC(Cc1cc(F)cc(F)c1)CC1OCCO1. The van der Waals surface area contributed by atoms with Gasteiger partial charge in [-0.2, -0.15) is 0 Å². The summed E-state index contributed by atoms with van der Waals surface area (Å²) in [5.41, 5.74) is 0.647. The van der Waals surface area contributed by atoms with E-state index in [1.807, 2.05) is 0 Å². The smallest absolute Gasteiger partial charge is 0.159 e. The number of halogens is 2. The minimum Gasteiger partial charge on any atom is -0.350 e. The van der Waals surface area contributed by atoms with Crippen molar-refractivity contribution in [2.75, 3.05) is 19.8 Å². The lowest BCUT2D eigenvalue weighted by atomic mass is 10.0. The van der Waals surface area contributed by atoms with Crippen LogP contribution in [0.1, 0.15) is 25.3 Å². The summed E-state index contributed by atoms with van der Waals surface area (Å²) in [6.07, 6.45) is 2.01. The molecule has 1 unspecified atom stereocenters. The molecule has 1 saturated heterocycles. The molecule has 1 heterocycles. The third-order valence-electron chi connectivity index (χ3n) is 3.26. The van der Waals surface area contributed by atoms with Gasteiger partial charge in [-0.05, 0) is 37.1 Å². The van der Waals surface area contributed by atoms with Gasteiger partial charge in [0.2, 0.25) is 0 Å². The molecule has 2 rings (SSSR count). The first-order valence-electron chi connectivity index (χ1n) is 7.09. The number of hydrogen-bond acceptors (Lipinski definition) is 3. The lowest BCUT2D eigenvalue weighted by Crippen LogP contribution is -2.35. The maximum Gasteiger partial charge on any atom is 0.159 e. The molecule has 0 bridgehead atoms. The van der Waals surface area contributed by atoms with E-state index in [9.17, 15) is 8.78 Å². The molecule has 1 fully saturated rings. The van der Waals surface area contributed by atoms with Crippen LogP contribution in [0, 0.1) is 11.6 Å². The fourth-order valence-corrected chi connectivity index (χ4v) is 2.38. The van der Waals surface area contributed by atoms with E-state index in [1.54, 1.807) is 0 Å². The lowest BCUT2D eigenvalue weighted by Gasteiger charge is -2.21. The van der Waals surface area contributed by atoms with Gasteiger partial charge in [-0.25, -0.2) is 8.78 Å². The molecule has 1 aliphatic rings. The second-order valence-electron chi connectivity index (χ2n) is 5.04. The summed E-state index contributed by atoms with van der Waals surface area (Å²) >= 11 is 0. The van der Waals surface area contributed by atoms with Crippen molar-refractivity contribution in [1.82, 2.24) is 5.32 Å².